The molecule has 1 aromatic rings. The fraction of sp³-hybridized carbons (Fsp3) is 0.615. The van der Waals surface area contributed by atoms with Crippen LogP contribution < -0.4 is 9.47 Å². The van der Waals surface area contributed by atoms with Gasteiger partial charge in [0.05, 0.1) is 26.7 Å². The summed E-state index contributed by atoms with van der Waals surface area (Å²) in [4.78, 5) is 28.7. The van der Waals surface area contributed by atoms with Gasteiger partial charge < -0.3 is 24.2 Å². The maximum atomic E-state index is 14.1. The fourth-order valence-electron chi connectivity index (χ4n) is 5.14. The van der Waals surface area contributed by atoms with Crippen molar-refractivity contribution < 1.29 is 28.9 Å². The zero-order valence-corrected chi connectivity index (χ0v) is 19.9. The summed E-state index contributed by atoms with van der Waals surface area (Å²) in [7, 11) is 2.96. The van der Waals surface area contributed by atoms with Gasteiger partial charge in [0.2, 0.25) is 11.7 Å². The molecule has 2 atom stereocenters. The number of methoxy groups -OCH3 is 2. The first-order valence-corrected chi connectivity index (χ1v) is 12.0. The van der Waals surface area contributed by atoms with Gasteiger partial charge in [-0.2, -0.15) is 0 Å². The smallest absolute Gasteiger partial charge is 0.328 e. The van der Waals surface area contributed by atoms with Crippen LogP contribution in [0.4, 0.5) is 0 Å². The van der Waals surface area contributed by atoms with Gasteiger partial charge in [-0.05, 0) is 62.1 Å². The largest absolute Gasteiger partial charge is 0.502 e. The molecular weight excluding hydrogens is 422 g/mol. The Morgan fingerprint density at radius 3 is 2.33 bits per heavy atom. The number of hydrogen-bond acceptors (Lipinski definition) is 6. The third-order valence-electron chi connectivity index (χ3n) is 6.87. The predicted octanol–water partition coefficient (Wildman–Crippen LogP) is 4.57. The molecular formula is C26H37NO6. The van der Waals surface area contributed by atoms with Crippen molar-refractivity contribution in [3.63, 3.8) is 0 Å². The minimum Gasteiger partial charge on any atom is -0.502 e. The summed E-state index contributed by atoms with van der Waals surface area (Å²) in [5.41, 5.74) is 0.753. The van der Waals surface area contributed by atoms with E-state index in [9.17, 15) is 14.7 Å². The molecule has 2 fully saturated rings. The Morgan fingerprint density at radius 2 is 1.73 bits per heavy atom. The van der Waals surface area contributed by atoms with E-state index in [1.54, 1.807) is 23.1 Å². The van der Waals surface area contributed by atoms with Crippen molar-refractivity contribution in [3.05, 3.63) is 30.4 Å². The van der Waals surface area contributed by atoms with E-state index in [1.165, 1.54) is 20.6 Å². The maximum Gasteiger partial charge on any atom is 0.328 e. The van der Waals surface area contributed by atoms with Crippen LogP contribution in [0.25, 0.3) is 0 Å². The number of nitrogens with zero attached hydrogens (tertiary/aromatic N) is 1. The van der Waals surface area contributed by atoms with Crippen LogP contribution in [0, 0.1) is 5.92 Å². The number of carbonyl (C=O) groups is 2. The van der Waals surface area contributed by atoms with E-state index in [2.05, 4.69) is 6.58 Å². The van der Waals surface area contributed by atoms with E-state index < -0.39 is 12.0 Å². The van der Waals surface area contributed by atoms with Crippen molar-refractivity contribution in [1.29, 1.82) is 0 Å². The van der Waals surface area contributed by atoms with Gasteiger partial charge >= 0.3 is 5.97 Å². The molecule has 33 heavy (non-hydrogen) atoms. The Kier molecular flexibility index (Phi) is 9.03. The summed E-state index contributed by atoms with van der Waals surface area (Å²) in [6.45, 7) is 4.48. The zero-order valence-electron chi connectivity index (χ0n) is 19.9. The third kappa shape index (κ3) is 5.81. The number of phenols is 1. The molecule has 1 aromatic carbocycles. The number of hydrogen-bond donors (Lipinski definition) is 1. The molecule has 3 rings (SSSR count). The molecule has 182 valence electrons. The van der Waals surface area contributed by atoms with Gasteiger partial charge in [-0.1, -0.05) is 25.3 Å². The van der Waals surface area contributed by atoms with E-state index in [-0.39, 0.29) is 41.6 Å². The lowest BCUT2D eigenvalue weighted by atomic mass is 9.75. The van der Waals surface area contributed by atoms with Gasteiger partial charge in [0, 0.05) is 6.54 Å². The normalized spacial score (nSPS) is 20.1. The van der Waals surface area contributed by atoms with Gasteiger partial charge in [0.15, 0.2) is 11.5 Å². The number of piperidine rings is 1. The number of esters is 1. The second-order valence-electron chi connectivity index (χ2n) is 8.94. The van der Waals surface area contributed by atoms with Crippen molar-refractivity contribution in [3.8, 4) is 17.2 Å². The predicted molar refractivity (Wildman–Crippen MR) is 126 cm³/mol. The molecule has 2 aliphatic rings. The molecule has 0 unspecified atom stereocenters. The number of likely N-dealkylation sites (tertiary alicyclic amines) is 1. The number of amides is 1. The summed E-state index contributed by atoms with van der Waals surface area (Å²) in [5.74, 6) is -0.204. The minimum atomic E-state index is -0.567. The third-order valence-corrected chi connectivity index (χ3v) is 6.87. The molecule has 7 nitrogen and oxygen atoms in total. The standard InChI is InChI=1S/C26H37NO6/c1-4-5-15-33-26(30)20-13-9-10-14-27(20)25(29)23(18-11-7-6-8-12-18)19-16-21(31-2)24(28)22(17-19)32-3/h4,16-18,20,23,28H,1,5-15H2,2-3H3/t20-,23-/m0/s1. The summed E-state index contributed by atoms with van der Waals surface area (Å²) in [5, 5.41) is 10.4. The van der Waals surface area contributed by atoms with Crippen molar-refractivity contribution in [1.82, 2.24) is 4.90 Å². The first kappa shape index (κ1) is 24.9. The molecule has 0 spiro atoms. The Morgan fingerprint density at radius 1 is 1.09 bits per heavy atom. The molecule has 1 aliphatic carbocycles. The molecule has 1 saturated carbocycles. The molecule has 0 radical (unpaired) electrons. The zero-order chi connectivity index (χ0) is 23.8. The maximum absolute atomic E-state index is 14.1. The highest BCUT2D eigenvalue weighted by Crippen LogP contribution is 2.44. The van der Waals surface area contributed by atoms with Crippen molar-refractivity contribution in [2.24, 2.45) is 5.92 Å². The summed E-state index contributed by atoms with van der Waals surface area (Å²) >= 11 is 0. The van der Waals surface area contributed by atoms with Crippen LogP contribution in [-0.2, 0) is 14.3 Å². The average Bonchev–Trinajstić information content (AvgIpc) is 2.85. The van der Waals surface area contributed by atoms with Crippen LogP contribution in [0.1, 0.15) is 69.3 Å². The monoisotopic (exact) mass is 459 g/mol. The molecule has 1 aliphatic heterocycles. The quantitative estimate of drug-likeness (QED) is 0.331. The van der Waals surface area contributed by atoms with Crippen LogP contribution in [0.2, 0.25) is 0 Å². The minimum absolute atomic E-state index is 0.0536. The van der Waals surface area contributed by atoms with Crippen molar-refractivity contribution >= 4 is 11.9 Å². The number of ether oxygens (including phenoxy) is 3. The highest BCUT2D eigenvalue weighted by molar-refractivity contribution is 5.89. The molecule has 1 heterocycles. The summed E-state index contributed by atoms with van der Waals surface area (Å²) < 4.78 is 16.2. The average molecular weight is 460 g/mol. The van der Waals surface area contributed by atoms with Crippen LogP contribution >= 0.6 is 0 Å². The van der Waals surface area contributed by atoms with Gasteiger partial charge in [-0.25, -0.2) is 4.79 Å². The van der Waals surface area contributed by atoms with E-state index in [0.29, 0.717) is 19.4 Å². The molecule has 1 N–H and O–H groups in total. The lowest BCUT2D eigenvalue weighted by molar-refractivity contribution is -0.158. The first-order valence-electron chi connectivity index (χ1n) is 12.0. The SMILES string of the molecule is C=CCCOC(=O)[C@@H]1CCCCN1C(=O)[C@H](c1cc(OC)c(O)c(OC)c1)C1CCCCC1. The number of carbonyl (C=O) groups excluding carboxylic acids is 2. The van der Waals surface area contributed by atoms with Crippen LogP contribution in [0.5, 0.6) is 17.2 Å². The second-order valence-corrected chi connectivity index (χ2v) is 8.94. The van der Waals surface area contributed by atoms with Crippen LogP contribution in [0.15, 0.2) is 24.8 Å². The van der Waals surface area contributed by atoms with Crippen molar-refractivity contribution in [2.75, 3.05) is 27.4 Å². The summed E-state index contributed by atoms with van der Waals surface area (Å²) in [6.07, 6.45) is 9.88. The Balaban J connectivity index is 1.95. The summed E-state index contributed by atoms with van der Waals surface area (Å²) in [6, 6.07) is 2.90. The first-order chi connectivity index (χ1) is 16.0. The van der Waals surface area contributed by atoms with E-state index in [4.69, 9.17) is 14.2 Å². The Labute approximate surface area is 196 Å². The number of rotatable bonds is 9. The number of aromatic hydroxyl groups is 1. The Bertz CT molecular complexity index is 807. The highest BCUT2D eigenvalue weighted by Gasteiger charge is 2.40. The van der Waals surface area contributed by atoms with E-state index >= 15 is 0 Å². The molecule has 1 amide bonds. The number of benzene rings is 1. The fourth-order valence-corrected chi connectivity index (χ4v) is 5.14. The highest BCUT2D eigenvalue weighted by atomic mass is 16.5. The van der Waals surface area contributed by atoms with Gasteiger partial charge in [0.1, 0.15) is 6.04 Å². The number of phenolic OH excluding ortho intramolecular Hbond substituents is 1. The van der Waals surface area contributed by atoms with Gasteiger partial charge in [-0.15, -0.1) is 6.58 Å². The molecule has 7 heteroatoms. The topological polar surface area (TPSA) is 85.3 Å². The molecule has 0 bridgehead atoms. The van der Waals surface area contributed by atoms with E-state index in [0.717, 1.165) is 44.1 Å². The van der Waals surface area contributed by atoms with Gasteiger partial charge in [0.25, 0.3) is 0 Å². The lowest BCUT2D eigenvalue weighted by Gasteiger charge is -2.39. The lowest BCUT2D eigenvalue weighted by Crippen LogP contribution is -2.51. The van der Waals surface area contributed by atoms with Crippen LogP contribution in [0.3, 0.4) is 0 Å². The van der Waals surface area contributed by atoms with Gasteiger partial charge in [-0.3, -0.25) is 4.79 Å². The molecule has 1 saturated heterocycles. The Hall–Kier alpha value is -2.70. The van der Waals surface area contributed by atoms with E-state index in [1.807, 2.05) is 0 Å². The van der Waals surface area contributed by atoms with Crippen molar-refractivity contribution in [2.45, 2.75) is 69.7 Å². The second kappa shape index (κ2) is 12.0. The molecule has 0 aromatic heterocycles. The van der Waals surface area contributed by atoms with Crippen LogP contribution in [-0.4, -0.2) is 55.3 Å².